The topological polar surface area (TPSA) is 37.4 Å². The molecule has 0 saturated heterocycles. The first-order valence-corrected chi connectivity index (χ1v) is 6.08. The number of imide groups is 1. The molecule has 20 heavy (non-hydrogen) atoms. The monoisotopic (exact) mass is 343 g/mol. The highest BCUT2D eigenvalue weighted by Crippen LogP contribution is 2.39. The molecular formula is C11H3Cl3F3NO2. The summed E-state index contributed by atoms with van der Waals surface area (Å²) in [4.78, 5) is 23.9. The fourth-order valence-electron chi connectivity index (χ4n) is 1.56. The normalized spacial score (nSPS) is 16.4. The molecule has 1 aromatic rings. The third-order valence-electron chi connectivity index (χ3n) is 2.49. The molecule has 3 nitrogen and oxygen atoms in total. The highest BCUT2D eigenvalue weighted by Gasteiger charge is 2.40. The van der Waals surface area contributed by atoms with E-state index in [2.05, 4.69) is 0 Å². The number of halogens is 6. The van der Waals surface area contributed by atoms with E-state index in [9.17, 15) is 22.8 Å². The van der Waals surface area contributed by atoms with Gasteiger partial charge in [-0.15, -0.1) is 0 Å². The van der Waals surface area contributed by atoms with Crippen molar-refractivity contribution in [3.8, 4) is 0 Å². The summed E-state index contributed by atoms with van der Waals surface area (Å²) in [6.45, 7) is 0. The number of rotatable bonds is 1. The van der Waals surface area contributed by atoms with E-state index in [0.717, 1.165) is 12.1 Å². The van der Waals surface area contributed by atoms with Crippen molar-refractivity contribution in [3.05, 3.63) is 38.8 Å². The molecule has 1 aliphatic heterocycles. The number of anilines is 1. The lowest BCUT2D eigenvalue weighted by atomic mass is 10.2. The Morgan fingerprint density at radius 3 is 1.90 bits per heavy atom. The van der Waals surface area contributed by atoms with Crippen LogP contribution in [0.25, 0.3) is 0 Å². The van der Waals surface area contributed by atoms with Crippen molar-refractivity contribution in [2.75, 3.05) is 4.90 Å². The molecule has 0 fully saturated rings. The Hall–Kier alpha value is -1.24. The molecule has 0 radical (unpaired) electrons. The third-order valence-corrected chi connectivity index (χ3v) is 3.61. The number of nitrogens with zero attached hydrogens (tertiary/aromatic N) is 1. The Kier molecular flexibility index (Phi) is 3.75. The van der Waals surface area contributed by atoms with E-state index < -0.39 is 39.3 Å². The van der Waals surface area contributed by atoms with Crippen LogP contribution in [0, 0.1) is 0 Å². The zero-order valence-electron chi connectivity index (χ0n) is 9.26. The van der Waals surface area contributed by atoms with Crippen LogP contribution < -0.4 is 4.90 Å². The molecule has 1 aromatic carbocycles. The molecule has 0 atom stereocenters. The van der Waals surface area contributed by atoms with Gasteiger partial charge in [-0.25, -0.2) is 4.90 Å². The molecule has 1 aliphatic rings. The van der Waals surface area contributed by atoms with Crippen molar-refractivity contribution in [3.63, 3.8) is 0 Å². The van der Waals surface area contributed by atoms with Crippen LogP contribution >= 0.6 is 34.8 Å². The Balaban J connectivity index is 2.55. The minimum absolute atomic E-state index is 0.212. The SMILES string of the molecule is O=C1C(Cl)=C(Cl)C(=O)N1c1cc(C(F)(F)F)ccc1Cl. The third kappa shape index (κ3) is 2.39. The minimum atomic E-state index is -4.65. The summed E-state index contributed by atoms with van der Waals surface area (Å²) in [5, 5.41) is -1.34. The van der Waals surface area contributed by atoms with Crippen LogP contribution in [-0.2, 0) is 15.8 Å². The van der Waals surface area contributed by atoms with Crippen molar-refractivity contribution < 1.29 is 22.8 Å². The van der Waals surface area contributed by atoms with E-state index in [1.54, 1.807) is 0 Å². The van der Waals surface area contributed by atoms with Crippen LogP contribution in [0.15, 0.2) is 28.3 Å². The highest BCUT2D eigenvalue weighted by molar-refractivity contribution is 6.62. The maximum absolute atomic E-state index is 12.6. The predicted molar refractivity (Wildman–Crippen MR) is 67.7 cm³/mol. The zero-order valence-corrected chi connectivity index (χ0v) is 11.5. The van der Waals surface area contributed by atoms with E-state index in [0.29, 0.717) is 11.0 Å². The molecule has 2 rings (SSSR count). The Labute approximate surface area is 125 Å². The number of carbonyl (C=O) groups excluding carboxylic acids is 2. The Morgan fingerprint density at radius 1 is 0.950 bits per heavy atom. The number of amides is 2. The molecule has 0 N–H and O–H groups in total. The average molecular weight is 345 g/mol. The summed E-state index contributed by atoms with van der Waals surface area (Å²) in [5.74, 6) is -2.05. The van der Waals surface area contributed by atoms with Crippen molar-refractivity contribution >= 4 is 52.3 Å². The summed E-state index contributed by atoms with van der Waals surface area (Å²) < 4.78 is 37.9. The maximum Gasteiger partial charge on any atom is 0.416 e. The van der Waals surface area contributed by atoms with Crippen molar-refractivity contribution in [1.29, 1.82) is 0 Å². The number of alkyl halides is 3. The van der Waals surface area contributed by atoms with E-state index in [-0.39, 0.29) is 5.02 Å². The van der Waals surface area contributed by atoms with E-state index >= 15 is 0 Å². The number of hydrogen-bond donors (Lipinski definition) is 0. The smallest absolute Gasteiger partial charge is 0.267 e. The number of hydrogen-bond acceptors (Lipinski definition) is 2. The second-order valence-electron chi connectivity index (χ2n) is 3.74. The second-order valence-corrected chi connectivity index (χ2v) is 4.90. The molecule has 0 bridgehead atoms. The summed E-state index contributed by atoms with van der Waals surface area (Å²) in [6.07, 6.45) is -4.65. The van der Waals surface area contributed by atoms with Gasteiger partial charge in [0.1, 0.15) is 10.1 Å². The maximum atomic E-state index is 12.6. The van der Waals surface area contributed by atoms with Crippen LogP contribution in [0.3, 0.4) is 0 Å². The van der Waals surface area contributed by atoms with Gasteiger partial charge in [-0.3, -0.25) is 9.59 Å². The molecule has 106 valence electrons. The van der Waals surface area contributed by atoms with Crippen molar-refractivity contribution in [2.24, 2.45) is 0 Å². The fraction of sp³-hybridized carbons (Fsp3) is 0.0909. The van der Waals surface area contributed by atoms with Crippen molar-refractivity contribution in [2.45, 2.75) is 6.18 Å². The van der Waals surface area contributed by atoms with Gasteiger partial charge in [0.05, 0.1) is 16.3 Å². The van der Waals surface area contributed by atoms with Crippen LogP contribution in [0.1, 0.15) is 5.56 Å². The predicted octanol–water partition coefficient (Wildman–Crippen LogP) is 3.92. The van der Waals surface area contributed by atoms with Gasteiger partial charge in [0.25, 0.3) is 11.8 Å². The lowest BCUT2D eigenvalue weighted by Crippen LogP contribution is -2.31. The van der Waals surface area contributed by atoms with Gasteiger partial charge in [0.15, 0.2) is 0 Å². The largest absolute Gasteiger partial charge is 0.416 e. The van der Waals surface area contributed by atoms with Gasteiger partial charge in [0, 0.05) is 0 Å². The molecule has 0 aliphatic carbocycles. The second kappa shape index (κ2) is 4.95. The number of benzene rings is 1. The molecule has 9 heteroatoms. The van der Waals surface area contributed by atoms with Gasteiger partial charge >= 0.3 is 6.18 Å². The zero-order chi connectivity index (χ0) is 15.2. The first kappa shape index (κ1) is 15.2. The summed E-state index contributed by atoms with van der Waals surface area (Å²) >= 11 is 16.7. The molecule has 1 heterocycles. The first-order valence-electron chi connectivity index (χ1n) is 4.95. The van der Waals surface area contributed by atoms with Crippen LogP contribution in [0.2, 0.25) is 5.02 Å². The summed E-state index contributed by atoms with van der Waals surface area (Å²) in [6, 6.07) is 2.24. The molecule has 0 saturated carbocycles. The van der Waals surface area contributed by atoms with Gasteiger partial charge in [-0.2, -0.15) is 13.2 Å². The van der Waals surface area contributed by atoms with Gasteiger partial charge < -0.3 is 0 Å². The molecule has 0 unspecified atom stereocenters. The van der Waals surface area contributed by atoms with Gasteiger partial charge in [0.2, 0.25) is 0 Å². The van der Waals surface area contributed by atoms with Crippen molar-refractivity contribution in [1.82, 2.24) is 0 Å². The lowest BCUT2D eigenvalue weighted by Gasteiger charge is -2.17. The number of carbonyl (C=O) groups is 2. The Bertz CT molecular complexity index is 631. The fourth-order valence-corrected chi connectivity index (χ4v) is 2.09. The van der Waals surface area contributed by atoms with Crippen LogP contribution in [-0.4, -0.2) is 11.8 Å². The van der Waals surface area contributed by atoms with Crippen LogP contribution in [0.5, 0.6) is 0 Å². The van der Waals surface area contributed by atoms with Gasteiger partial charge in [-0.05, 0) is 18.2 Å². The van der Waals surface area contributed by atoms with E-state index in [4.69, 9.17) is 34.8 Å². The van der Waals surface area contributed by atoms with E-state index in [1.165, 1.54) is 0 Å². The molecule has 2 amide bonds. The van der Waals surface area contributed by atoms with E-state index in [1.807, 2.05) is 0 Å². The van der Waals surface area contributed by atoms with Crippen LogP contribution in [0.4, 0.5) is 18.9 Å². The molecule has 0 aromatic heterocycles. The Morgan fingerprint density at radius 2 is 1.45 bits per heavy atom. The highest BCUT2D eigenvalue weighted by atomic mass is 35.5. The standard InChI is InChI=1S/C11H3Cl3F3NO2/c12-5-2-1-4(11(15,16)17)3-6(5)18-9(19)7(13)8(14)10(18)20/h1-3H. The summed E-state index contributed by atoms with van der Waals surface area (Å²) in [5.41, 5.74) is -1.48. The quantitative estimate of drug-likeness (QED) is 0.724. The average Bonchev–Trinajstić information content (AvgIpc) is 2.54. The molecule has 0 spiro atoms. The molecular weight excluding hydrogens is 341 g/mol. The first-order chi connectivity index (χ1) is 9.14. The summed E-state index contributed by atoms with van der Waals surface area (Å²) in [7, 11) is 0. The minimum Gasteiger partial charge on any atom is -0.267 e. The van der Waals surface area contributed by atoms with Gasteiger partial charge in [-0.1, -0.05) is 34.8 Å². The lowest BCUT2D eigenvalue weighted by molar-refractivity contribution is -0.137.